The van der Waals surface area contributed by atoms with Gasteiger partial charge in [0.15, 0.2) is 0 Å². The topological polar surface area (TPSA) is 38.0 Å². The molecule has 2 unspecified atom stereocenters. The van der Waals surface area contributed by atoms with E-state index < -0.39 is 0 Å². The molecule has 0 spiro atoms. The van der Waals surface area contributed by atoms with Crippen molar-refractivity contribution < 1.29 is 4.39 Å². The third kappa shape index (κ3) is 2.60. The van der Waals surface area contributed by atoms with Crippen LogP contribution in [0.15, 0.2) is 48.5 Å². The molecular formula is C17H19FN2. The summed E-state index contributed by atoms with van der Waals surface area (Å²) in [7, 11) is 0. The molecule has 0 amide bonds. The molecule has 2 atom stereocenters. The maximum absolute atomic E-state index is 14.7. The molecule has 2 aromatic rings. The van der Waals surface area contributed by atoms with Crippen LogP contribution in [0, 0.1) is 5.82 Å². The Balaban J connectivity index is 1.90. The van der Waals surface area contributed by atoms with E-state index >= 15 is 0 Å². The third-order valence-corrected chi connectivity index (χ3v) is 4.00. The van der Waals surface area contributed by atoms with Crippen molar-refractivity contribution >= 4 is 0 Å². The lowest BCUT2D eigenvalue weighted by molar-refractivity contribution is 0.521. The van der Waals surface area contributed by atoms with Crippen LogP contribution in [0.5, 0.6) is 0 Å². The molecule has 20 heavy (non-hydrogen) atoms. The quantitative estimate of drug-likeness (QED) is 0.900. The fourth-order valence-corrected chi connectivity index (χ4v) is 2.83. The van der Waals surface area contributed by atoms with Gasteiger partial charge in [-0.05, 0) is 30.5 Å². The van der Waals surface area contributed by atoms with Crippen molar-refractivity contribution in [3.63, 3.8) is 0 Å². The van der Waals surface area contributed by atoms with Gasteiger partial charge in [-0.15, -0.1) is 0 Å². The molecule has 1 aliphatic heterocycles. The van der Waals surface area contributed by atoms with Gasteiger partial charge in [0.2, 0.25) is 0 Å². The molecule has 1 aliphatic rings. The van der Waals surface area contributed by atoms with E-state index in [4.69, 9.17) is 5.73 Å². The van der Waals surface area contributed by atoms with Crippen LogP contribution in [0.2, 0.25) is 0 Å². The van der Waals surface area contributed by atoms with Crippen molar-refractivity contribution in [1.29, 1.82) is 0 Å². The van der Waals surface area contributed by atoms with Gasteiger partial charge in [0.25, 0.3) is 0 Å². The largest absolute Gasteiger partial charge is 0.326 e. The Morgan fingerprint density at radius 1 is 1.10 bits per heavy atom. The molecule has 0 aromatic heterocycles. The summed E-state index contributed by atoms with van der Waals surface area (Å²) in [5, 5.41) is 3.35. The molecule has 2 aromatic carbocycles. The van der Waals surface area contributed by atoms with Gasteiger partial charge < -0.3 is 11.1 Å². The zero-order valence-electron chi connectivity index (χ0n) is 11.4. The maximum Gasteiger partial charge on any atom is 0.134 e. The minimum absolute atomic E-state index is 0.120. The van der Waals surface area contributed by atoms with Gasteiger partial charge in [-0.25, -0.2) is 4.39 Å². The van der Waals surface area contributed by atoms with Crippen molar-refractivity contribution in [2.24, 2.45) is 5.73 Å². The Labute approximate surface area is 118 Å². The maximum atomic E-state index is 14.7. The first-order valence-electron chi connectivity index (χ1n) is 7.07. The number of nitrogens with two attached hydrogens (primary N) is 1. The van der Waals surface area contributed by atoms with Crippen LogP contribution in [0.4, 0.5) is 4.39 Å². The second kappa shape index (κ2) is 5.73. The standard InChI is InChI=1S/C17H19FN2/c18-17-13(11-16-15(19)9-10-20-16)7-4-8-14(17)12-5-2-1-3-6-12/h1-8,15-16,20H,9-11,19H2. The highest BCUT2D eigenvalue weighted by Gasteiger charge is 2.24. The van der Waals surface area contributed by atoms with Crippen LogP contribution in [-0.2, 0) is 6.42 Å². The molecule has 104 valence electrons. The van der Waals surface area contributed by atoms with Gasteiger partial charge in [0.1, 0.15) is 5.82 Å². The second-order valence-corrected chi connectivity index (χ2v) is 5.36. The van der Waals surface area contributed by atoms with E-state index in [9.17, 15) is 4.39 Å². The Morgan fingerprint density at radius 2 is 1.90 bits per heavy atom. The van der Waals surface area contributed by atoms with E-state index in [1.54, 1.807) is 0 Å². The fourth-order valence-electron chi connectivity index (χ4n) is 2.83. The molecule has 3 rings (SSSR count). The van der Waals surface area contributed by atoms with Crippen LogP contribution in [0.1, 0.15) is 12.0 Å². The van der Waals surface area contributed by atoms with Crippen molar-refractivity contribution in [2.45, 2.75) is 24.9 Å². The lowest BCUT2D eigenvalue weighted by Crippen LogP contribution is -2.38. The number of hydrogen-bond acceptors (Lipinski definition) is 2. The van der Waals surface area contributed by atoms with Crippen LogP contribution in [-0.4, -0.2) is 18.6 Å². The van der Waals surface area contributed by atoms with E-state index in [1.165, 1.54) is 0 Å². The van der Waals surface area contributed by atoms with E-state index in [0.29, 0.717) is 12.0 Å². The summed E-state index contributed by atoms with van der Waals surface area (Å²) in [6, 6.07) is 15.6. The first kappa shape index (κ1) is 13.3. The highest BCUT2D eigenvalue weighted by atomic mass is 19.1. The molecule has 1 heterocycles. The highest BCUT2D eigenvalue weighted by Crippen LogP contribution is 2.26. The summed E-state index contributed by atoms with van der Waals surface area (Å²) in [5.74, 6) is -0.125. The van der Waals surface area contributed by atoms with Gasteiger partial charge in [-0.1, -0.05) is 48.5 Å². The van der Waals surface area contributed by atoms with Gasteiger partial charge in [-0.3, -0.25) is 0 Å². The minimum atomic E-state index is -0.125. The van der Waals surface area contributed by atoms with Gasteiger partial charge >= 0.3 is 0 Å². The van der Waals surface area contributed by atoms with Crippen LogP contribution >= 0.6 is 0 Å². The Morgan fingerprint density at radius 3 is 2.60 bits per heavy atom. The van der Waals surface area contributed by atoms with E-state index in [1.807, 2.05) is 48.5 Å². The lowest BCUT2D eigenvalue weighted by Gasteiger charge is -2.17. The smallest absolute Gasteiger partial charge is 0.134 e. The molecule has 0 bridgehead atoms. The van der Waals surface area contributed by atoms with E-state index in [-0.39, 0.29) is 17.9 Å². The van der Waals surface area contributed by atoms with E-state index in [2.05, 4.69) is 5.32 Å². The Hall–Kier alpha value is -1.71. The first-order valence-corrected chi connectivity index (χ1v) is 7.07. The van der Waals surface area contributed by atoms with Gasteiger partial charge in [-0.2, -0.15) is 0 Å². The Bertz CT molecular complexity index is 583. The lowest BCUT2D eigenvalue weighted by atomic mass is 9.96. The van der Waals surface area contributed by atoms with Crippen LogP contribution in [0.3, 0.4) is 0 Å². The predicted molar refractivity (Wildman–Crippen MR) is 79.9 cm³/mol. The average molecular weight is 270 g/mol. The zero-order valence-corrected chi connectivity index (χ0v) is 11.4. The van der Waals surface area contributed by atoms with Crippen molar-refractivity contribution in [3.05, 3.63) is 59.9 Å². The molecule has 2 nitrogen and oxygen atoms in total. The van der Waals surface area contributed by atoms with Crippen LogP contribution in [0.25, 0.3) is 11.1 Å². The van der Waals surface area contributed by atoms with Gasteiger partial charge in [0.05, 0.1) is 0 Å². The molecule has 0 radical (unpaired) electrons. The third-order valence-electron chi connectivity index (χ3n) is 4.00. The first-order chi connectivity index (χ1) is 9.75. The summed E-state index contributed by atoms with van der Waals surface area (Å²) in [6.07, 6.45) is 1.61. The fraction of sp³-hybridized carbons (Fsp3) is 0.294. The summed E-state index contributed by atoms with van der Waals surface area (Å²) in [4.78, 5) is 0. The number of benzene rings is 2. The molecule has 1 saturated heterocycles. The number of halogens is 1. The summed E-state index contributed by atoms with van der Waals surface area (Å²) >= 11 is 0. The SMILES string of the molecule is NC1CCNC1Cc1cccc(-c2ccccc2)c1F. The highest BCUT2D eigenvalue weighted by molar-refractivity contribution is 5.64. The molecule has 3 N–H and O–H groups in total. The van der Waals surface area contributed by atoms with Crippen LogP contribution < -0.4 is 11.1 Å². The van der Waals surface area contributed by atoms with Crippen molar-refractivity contribution in [1.82, 2.24) is 5.32 Å². The number of rotatable bonds is 3. The minimum Gasteiger partial charge on any atom is -0.326 e. The number of nitrogens with one attached hydrogen (secondary N) is 1. The monoisotopic (exact) mass is 270 g/mol. The molecule has 3 heteroatoms. The summed E-state index contributed by atoms with van der Waals surface area (Å²) in [6.45, 7) is 0.922. The van der Waals surface area contributed by atoms with Gasteiger partial charge in [0, 0.05) is 17.6 Å². The second-order valence-electron chi connectivity index (χ2n) is 5.36. The predicted octanol–water partition coefficient (Wildman–Crippen LogP) is 2.72. The molecule has 1 fully saturated rings. The molecule has 0 saturated carbocycles. The van der Waals surface area contributed by atoms with E-state index in [0.717, 1.165) is 24.1 Å². The number of hydrogen-bond donors (Lipinski definition) is 2. The average Bonchev–Trinajstić information content (AvgIpc) is 2.88. The molecular weight excluding hydrogens is 251 g/mol. The van der Waals surface area contributed by atoms with Crippen molar-refractivity contribution in [3.8, 4) is 11.1 Å². The summed E-state index contributed by atoms with van der Waals surface area (Å²) < 4.78 is 14.7. The Kier molecular flexibility index (Phi) is 3.81. The summed E-state index contributed by atoms with van der Waals surface area (Å²) in [5.41, 5.74) is 8.35. The van der Waals surface area contributed by atoms with Crippen molar-refractivity contribution in [2.75, 3.05) is 6.54 Å². The zero-order chi connectivity index (χ0) is 13.9. The molecule has 0 aliphatic carbocycles. The normalized spacial score (nSPS) is 22.1.